The predicted octanol–water partition coefficient (Wildman–Crippen LogP) is 2.79. The van der Waals surface area contributed by atoms with E-state index in [0.717, 1.165) is 19.3 Å². The van der Waals surface area contributed by atoms with Gasteiger partial charge in [0.15, 0.2) is 0 Å². The summed E-state index contributed by atoms with van der Waals surface area (Å²) in [5.74, 6) is -0.681. The molecule has 1 aliphatic carbocycles. The van der Waals surface area contributed by atoms with Crippen molar-refractivity contribution in [3.05, 3.63) is 0 Å². The van der Waals surface area contributed by atoms with E-state index in [9.17, 15) is 14.7 Å². The highest BCUT2D eigenvalue weighted by Gasteiger charge is 2.44. The average molecular weight is 271 g/mol. The number of ether oxygens (including phenoxy) is 1. The second-order valence-corrected chi connectivity index (χ2v) is 6.84. The minimum absolute atomic E-state index is 0.221. The van der Waals surface area contributed by atoms with Crippen molar-refractivity contribution in [2.24, 2.45) is 11.3 Å². The molecule has 1 amide bonds. The number of rotatable bonds is 4. The van der Waals surface area contributed by atoms with Crippen molar-refractivity contribution in [1.82, 2.24) is 5.32 Å². The first kappa shape index (κ1) is 15.8. The van der Waals surface area contributed by atoms with Crippen LogP contribution in [0.3, 0.4) is 0 Å². The van der Waals surface area contributed by atoms with E-state index in [1.807, 2.05) is 0 Å². The molecule has 1 aliphatic rings. The van der Waals surface area contributed by atoms with Gasteiger partial charge in [0.05, 0.1) is 11.5 Å². The summed E-state index contributed by atoms with van der Waals surface area (Å²) in [4.78, 5) is 23.2. The number of amides is 1. The fraction of sp³-hybridized carbons (Fsp3) is 0.857. The van der Waals surface area contributed by atoms with Crippen LogP contribution < -0.4 is 5.32 Å². The van der Waals surface area contributed by atoms with Crippen molar-refractivity contribution >= 4 is 12.1 Å². The van der Waals surface area contributed by atoms with Crippen molar-refractivity contribution < 1.29 is 19.4 Å². The van der Waals surface area contributed by atoms with E-state index in [1.54, 1.807) is 34.6 Å². The molecule has 1 fully saturated rings. The highest BCUT2D eigenvalue weighted by Crippen LogP contribution is 2.38. The highest BCUT2D eigenvalue weighted by molar-refractivity contribution is 5.76. The van der Waals surface area contributed by atoms with Crippen LogP contribution >= 0.6 is 0 Å². The molecule has 1 rings (SSSR count). The standard InChI is InChI=1S/C14H25NO4/c1-13(2,3)19-12(18)15-10(9-7-6-8-9)14(4,5)11(16)17/h9-10H,6-8H2,1-5H3,(H,15,18)(H,16,17). The van der Waals surface area contributed by atoms with Crippen molar-refractivity contribution in [3.63, 3.8) is 0 Å². The summed E-state index contributed by atoms with van der Waals surface area (Å²) >= 11 is 0. The minimum Gasteiger partial charge on any atom is -0.481 e. The van der Waals surface area contributed by atoms with Gasteiger partial charge in [0, 0.05) is 0 Å². The van der Waals surface area contributed by atoms with E-state index in [0.29, 0.717) is 0 Å². The van der Waals surface area contributed by atoms with Crippen LogP contribution in [-0.4, -0.2) is 28.8 Å². The molecule has 5 nitrogen and oxygen atoms in total. The molecule has 0 saturated heterocycles. The van der Waals surface area contributed by atoms with Gasteiger partial charge in [-0.1, -0.05) is 6.42 Å². The number of carbonyl (C=O) groups is 2. The third kappa shape index (κ3) is 4.11. The van der Waals surface area contributed by atoms with Crippen LogP contribution in [0.2, 0.25) is 0 Å². The van der Waals surface area contributed by atoms with Crippen LogP contribution in [-0.2, 0) is 9.53 Å². The van der Waals surface area contributed by atoms with Crippen LogP contribution in [0.5, 0.6) is 0 Å². The Kier molecular flexibility index (Phi) is 4.48. The maximum atomic E-state index is 11.9. The summed E-state index contributed by atoms with van der Waals surface area (Å²) in [6.07, 6.45) is 2.46. The Morgan fingerprint density at radius 2 is 1.74 bits per heavy atom. The average Bonchev–Trinajstić information content (AvgIpc) is 2.10. The molecule has 2 N–H and O–H groups in total. The largest absolute Gasteiger partial charge is 0.481 e. The molecule has 0 aromatic heterocycles. The zero-order valence-electron chi connectivity index (χ0n) is 12.4. The van der Waals surface area contributed by atoms with Crippen LogP contribution in [0.4, 0.5) is 4.79 Å². The Morgan fingerprint density at radius 1 is 1.21 bits per heavy atom. The number of hydrogen-bond donors (Lipinski definition) is 2. The highest BCUT2D eigenvalue weighted by atomic mass is 16.6. The normalized spacial score (nSPS) is 18.4. The number of aliphatic carboxylic acids is 1. The van der Waals surface area contributed by atoms with E-state index in [1.165, 1.54) is 0 Å². The molecule has 0 bridgehead atoms. The Labute approximate surface area is 114 Å². The second-order valence-electron chi connectivity index (χ2n) is 6.84. The third-order valence-electron chi connectivity index (χ3n) is 3.62. The van der Waals surface area contributed by atoms with Gasteiger partial charge in [0.2, 0.25) is 0 Å². The van der Waals surface area contributed by atoms with Gasteiger partial charge < -0.3 is 15.2 Å². The summed E-state index contributed by atoms with van der Waals surface area (Å²) in [6.45, 7) is 8.65. The summed E-state index contributed by atoms with van der Waals surface area (Å²) in [5.41, 5.74) is -1.58. The number of nitrogens with one attached hydrogen (secondary N) is 1. The molecule has 0 radical (unpaired) electrons. The zero-order chi connectivity index (χ0) is 14.8. The van der Waals surface area contributed by atoms with E-state index in [4.69, 9.17) is 4.74 Å². The molecule has 5 heteroatoms. The molecule has 0 aromatic carbocycles. The third-order valence-corrected chi connectivity index (χ3v) is 3.62. The van der Waals surface area contributed by atoms with Crippen molar-refractivity contribution in [3.8, 4) is 0 Å². The van der Waals surface area contributed by atoms with Gasteiger partial charge in [-0.15, -0.1) is 0 Å². The predicted molar refractivity (Wildman–Crippen MR) is 71.9 cm³/mol. The van der Waals surface area contributed by atoms with Gasteiger partial charge in [0.25, 0.3) is 0 Å². The second kappa shape index (κ2) is 5.39. The molecule has 0 heterocycles. The number of carboxylic acids is 1. The van der Waals surface area contributed by atoms with Crippen LogP contribution in [0.15, 0.2) is 0 Å². The Bertz CT molecular complexity index is 353. The maximum Gasteiger partial charge on any atom is 0.407 e. The summed E-state index contributed by atoms with van der Waals surface area (Å²) in [5, 5.41) is 12.1. The first-order valence-electron chi connectivity index (χ1n) is 6.77. The summed E-state index contributed by atoms with van der Waals surface area (Å²) in [6, 6.07) is -0.395. The number of carboxylic acid groups (broad SMARTS) is 1. The van der Waals surface area contributed by atoms with E-state index >= 15 is 0 Å². The lowest BCUT2D eigenvalue weighted by Gasteiger charge is -2.41. The van der Waals surface area contributed by atoms with Crippen molar-refractivity contribution in [1.29, 1.82) is 0 Å². The van der Waals surface area contributed by atoms with Gasteiger partial charge >= 0.3 is 12.1 Å². The summed E-state index contributed by atoms with van der Waals surface area (Å²) in [7, 11) is 0. The topological polar surface area (TPSA) is 75.6 Å². The zero-order valence-corrected chi connectivity index (χ0v) is 12.4. The molecule has 0 aromatic rings. The van der Waals surface area contributed by atoms with Gasteiger partial charge in [-0.2, -0.15) is 0 Å². The van der Waals surface area contributed by atoms with Gasteiger partial charge in [-0.25, -0.2) is 4.79 Å². The van der Waals surface area contributed by atoms with E-state index < -0.39 is 29.1 Å². The first-order chi connectivity index (χ1) is 8.54. The van der Waals surface area contributed by atoms with E-state index in [2.05, 4.69) is 5.32 Å². The molecule has 0 aliphatic heterocycles. The lowest BCUT2D eigenvalue weighted by molar-refractivity contribution is -0.150. The van der Waals surface area contributed by atoms with Crippen LogP contribution in [0.25, 0.3) is 0 Å². The summed E-state index contributed by atoms with van der Waals surface area (Å²) < 4.78 is 5.22. The fourth-order valence-corrected chi connectivity index (χ4v) is 2.23. The molecular weight excluding hydrogens is 246 g/mol. The number of carbonyl (C=O) groups excluding carboxylic acids is 1. The Hall–Kier alpha value is -1.26. The molecule has 1 atom stereocenters. The van der Waals surface area contributed by atoms with Crippen LogP contribution in [0, 0.1) is 11.3 Å². The maximum absolute atomic E-state index is 11.9. The smallest absolute Gasteiger partial charge is 0.407 e. The minimum atomic E-state index is -0.998. The van der Waals surface area contributed by atoms with Gasteiger partial charge in [0.1, 0.15) is 5.60 Å². The number of alkyl carbamates (subject to hydrolysis) is 1. The van der Waals surface area contributed by atoms with Crippen LogP contribution in [0.1, 0.15) is 53.9 Å². The molecular formula is C14H25NO4. The van der Waals surface area contributed by atoms with Gasteiger partial charge in [-0.05, 0) is 53.4 Å². The molecule has 0 spiro atoms. The van der Waals surface area contributed by atoms with E-state index in [-0.39, 0.29) is 5.92 Å². The quantitative estimate of drug-likeness (QED) is 0.824. The SMILES string of the molecule is CC(C)(C)OC(=O)NC(C1CCC1)C(C)(C)C(=O)O. The van der Waals surface area contributed by atoms with Gasteiger partial charge in [-0.3, -0.25) is 4.79 Å². The van der Waals surface area contributed by atoms with Crippen molar-refractivity contribution in [2.75, 3.05) is 0 Å². The first-order valence-corrected chi connectivity index (χ1v) is 6.77. The Balaban J connectivity index is 2.76. The molecule has 19 heavy (non-hydrogen) atoms. The molecule has 1 saturated carbocycles. The lowest BCUT2D eigenvalue weighted by Crippen LogP contribution is -2.55. The van der Waals surface area contributed by atoms with Crippen molar-refractivity contribution in [2.45, 2.75) is 65.5 Å². The number of hydrogen-bond acceptors (Lipinski definition) is 3. The monoisotopic (exact) mass is 271 g/mol. The lowest BCUT2D eigenvalue weighted by atomic mass is 9.69. The Morgan fingerprint density at radius 3 is 2.05 bits per heavy atom. The molecule has 1 unspecified atom stereocenters. The fourth-order valence-electron chi connectivity index (χ4n) is 2.23. The molecule has 110 valence electrons.